The maximum Gasteiger partial charge on any atom is 0.0780 e. The van der Waals surface area contributed by atoms with Gasteiger partial charge in [-0.3, -0.25) is 4.98 Å². The molecule has 0 fully saturated rings. The van der Waals surface area contributed by atoms with Crippen LogP contribution in [0.3, 0.4) is 0 Å². The SMILES string of the molecule is Cc1ccc(C)c(-c2cccc(-c3cccc4cccnc34)c2)c1. The first-order valence-corrected chi connectivity index (χ1v) is 8.24. The Kier molecular flexibility index (Phi) is 3.62. The highest BCUT2D eigenvalue weighted by atomic mass is 14.6. The summed E-state index contributed by atoms with van der Waals surface area (Å²) in [6.07, 6.45) is 1.86. The van der Waals surface area contributed by atoms with E-state index in [1.807, 2.05) is 12.3 Å². The number of pyridine rings is 1. The molecule has 3 aromatic carbocycles. The molecule has 0 N–H and O–H groups in total. The van der Waals surface area contributed by atoms with Crippen molar-refractivity contribution in [3.8, 4) is 22.3 Å². The van der Waals surface area contributed by atoms with Crippen molar-refractivity contribution in [2.75, 3.05) is 0 Å². The number of para-hydroxylation sites is 1. The van der Waals surface area contributed by atoms with Crippen molar-refractivity contribution in [2.24, 2.45) is 0 Å². The van der Waals surface area contributed by atoms with Gasteiger partial charge in [0.15, 0.2) is 0 Å². The fourth-order valence-electron chi connectivity index (χ4n) is 3.24. The Morgan fingerprint density at radius 3 is 2.29 bits per heavy atom. The molecule has 0 spiro atoms. The maximum absolute atomic E-state index is 4.59. The Labute approximate surface area is 142 Å². The van der Waals surface area contributed by atoms with Gasteiger partial charge in [-0.2, -0.15) is 0 Å². The maximum atomic E-state index is 4.59. The lowest BCUT2D eigenvalue weighted by Gasteiger charge is -2.11. The smallest absolute Gasteiger partial charge is 0.0780 e. The van der Waals surface area contributed by atoms with Gasteiger partial charge >= 0.3 is 0 Å². The summed E-state index contributed by atoms with van der Waals surface area (Å²) in [7, 11) is 0. The van der Waals surface area contributed by atoms with Crippen LogP contribution in [0, 0.1) is 13.8 Å². The van der Waals surface area contributed by atoms with E-state index in [1.165, 1.54) is 38.8 Å². The Morgan fingerprint density at radius 1 is 0.667 bits per heavy atom. The Hall–Kier alpha value is -2.93. The van der Waals surface area contributed by atoms with E-state index in [2.05, 4.69) is 85.6 Å². The van der Waals surface area contributed by atoms with E-state index in [9.17, 15) is 0 Å². The van der Waals surface area contributed by atoms with Gasteiger partial charge in [0.2, 0.25) is 0 Å². The molecule has 0 aliphatic rings. The second kappa shape index (κ2) is 5.93. The molecule has 24 heavy (non-hydrogen) atoms. The highest BCUT2D eigenvalue weighted by Gasteiger charge is 2.07. The summed E-state index contributed by atoms with van der Waals surface area (Å²) in [5.74, 6) is 0. The minimum atomic E-state index is 1.05. The third-order valence-electron chi connectivity index (χ3n) is 4.51. The van der Waals surface area contributed by atoms with Crippen molar-refractivity contribution in [3.05, 3.63) is 90.1 Å². The van der Waals surface area contributed by atoms with Crippen LogP contribution in [0.5, 0.6) is 0 Å². The lowest BCUT2D eigenvalue weighted by molar-refractivity contribution is 1.39. The molecule has 0 bridgehead atoms. The van der Waals surface area contributed by atoms with Gasteiger partial charge in [-0.1, -0.05) is 66.2 Å². The molecule has 0 unspecified atom stereocenters. The van der Waals surface area contributed by atoms with Gasteiger partial charge in [-0.15, -0.1) is 0 Å². The monoisotopic (exact) mass is 309 g/mol. The zero-order valence-corrected chi connectivity index (χ0v) is 14.0. The molecule has 1 nitrogen and oxygen atoms in total. The minimum Gasteiger partial charge on any atom is -0.256 e. The van der Waals surface area contributed by atoms with Gasteiger partial charge in [0.1, 0.15) is 0 Å². The summed E-state index contributed by atoms with van der Waals surface area (Å²) in [6, 6.07) is 25.8. The first-order chi connectivity index (χ1) is 11.7. The molecule has 1 heteroatoms. The zero-order valence-electron chi connectivity index (χ0n) is 14.0. The lowest BCUT2D eigenvalue weighted by Crippen LogP contribution is -1.88. The van der Waals surface area contributed by atoms with E-state index < -0.39 is 0 Å². The predicted octanol–water partition coefficient (Wildman–Crippen LogP) is 6.19. The van der Waals surface area contributed by atoms with E-state index in [-0.39, 0.29) is 0 Å². The molecule has 0 aliphatic heterocycles. The van der Waals surface area contributed by atoms with Gasteiger partial charge in [0, 0.05) is 17.1 Å². The van der Waals surface area contributed by atoms with E-state index >= 15 is 0 Å². The van der Waals surface area contributed by atoms with Crippen molar-refractivity contribution < 1.29 is 0 Å². The predicted molar refractivity (Wildman–Crippen MR) is 102 cm³/mol. The minimum absolute atomic E-state index is 1.05. The average Bonchev–Trinajstić information content (AvgIpc) is 2.63. The second-order valence-corrected chi connectivity index (χ2v) is 6.28. The van der Waals surface area contributed by atoms with Gasteiger partial charge < -0.3 is 0 Å². The van der Waals surface area contributed by atoms with Crippen LogP contribution in [0.25, 0.3) is 33.2 Å². The quantitative estimate of drug-likeness (QED) is 0.430. The lowest BCUT2D eigenvalue weighted by atomic mass is 9.94. The normalized spacial score (nSPS) is 10.9. The molecular formula is C23H19N. The number of rotatable bonds is 2. The van der Waals surface area contributed by atoms with Gasteiger partial charge in [0.05, 0.1) is 5.52 Å². The van der Waals surface area contributed by atoms with Crippen molar-refractivity contribution in [1.82, 2.24) is 4.98 Å². The van der Waals surface area contributed by atoms with E-state index in [0.717, 1.165) is 5.52 Å². The summed E-state index contributed by atoms with van der Waals surface area (Å²) >= 11 is 0. The summed E-state index contributed by atoms with van der Waals surface area (Å²) in [6.45, 7) is 4.31. The highest BCUT2D eigenvalue weighted by molar-refractivity contribution is 5.94. The molecule has 0 saturated carbocycles. The molecule has 116 valence electrons. The summed E-state index contributed by atoms with van der Waals surface area (Å²) in [5, 5.41) is 1.17. The highest BCUT2D eigenvalue weighted by Crippen LogP contribution is 2.31. The molecule has 0 amide bonds. The van der Waals surface area contributed by atoms with E-state index in [0.29, 0.717) is 0 Å². The summed E-state index contributed by atoms with van der Waals surface area (Å²) < 4.78 is 0. The van der Waals surface area contributed by atoms with Crippen LogP contribution in [0.15, 0.2) is 79.0 Å². The molecule has 0 saturated heterocycles. The third-order valence-corrected chi connectivity index (χ3v) is 4.51. The molecule has 0 radical (unpaired) electrons. The molecule has 1 aromatic heterocycles. The number of hydrogen-bond acceptors (Lipinski definition) is 1. The van der Waals surface area contributed by atoms with Gasteiger partial charge in [0.25, 0.3) is 0 Å². The molecule has 4 aromatic rings. The Bertz CT molecular complexity index is 1030. The number of aryl methyl sites for hydroxylation is 2. The third kappa shape index (κ3) is 2.59. The van der Waals surface area contributed by atoms with Crippen molar-refractivity contribution in [1.29, 1.82) is 0 Å². The molecule has 0 atom stereocenters. The summed E-state index contributed by atoms with van der Waals surface area (Å²) in [5.41, 5.74) is 8.57. The first-order valence-electron chi connectivity index (χ1n) is 8.24. The number of aromatic nitrogens is 1. The average molecular weight is 309 g/mol. The summed E-state index contributed by atoms with van der Waals surface area (Å²) in [4.78, 5) is 4.59. The fraction of sp³-hybridized carbons (Fsp3) is 0.0870. The number of fused-ring (bicyclic) bond motifs is 1. The first kappa shape index (κ1) is 14.6. The van der Waals surface area contributed by atoms with Crippen LogP contribution in [-0.4, -0.2) is 4.98 Å². The van der Waals surface area contributed by atoms with Gasteiger partial charge in [-0.25, -0.2) is 0 Å². The van der Waals surface area contributed by atoms with Crippen molar-refractivity contribution in [2.45, 2.75) is 13.8 Å². The van der Waals surface area contributed by atoms with Crippen LogP contribution in [0.1, 0.15) is 11.1 Å². The van der Waals surface area contributed by atoms with Crippen LogP contribution >= 0.6 is 0 Å². The van der Waals surface area contributed by atoms with Crippen LogP contribution in [-0.2, 0) is 0 Å². The van der Waals surface area contributed by atoms with E-state index in [1.54, 1.807) is 0 Å². The molecule has 4 rings (SSSR count). The van der Waals surface area contributed by atoms with Crippen LogP contribution in [0.2, 0.25) is 0 Å². The largest absolute Gasteiger partial charge is 0.256 e. The number of hydrogen-bond donors (Lipinski definition) is 0. The van der Waals surface area contributed by atoms with Crippen LogP contribution in [0.4, 0.5) is 0 Å². The number of benzene rings is 3. The fourth-order valence-corrected chi connectivity index (χ4v) is 3.24. The molecule has 1 heterocycles. The van der Waals surface area contributed by atoms with Gasteiger partial charge in [-0.05, 0) is 48.2 Å². The van der Waals surface area contributed by atoms with Crippen molar-refractivity contribution in [3.63, 3.8) is 0 Å². The van der Waals surface area contributed by atoms with Crippen LogP contribution < -0.4 is 0 Å². The standard InChI is InChI=1S/C23H19N/c1-16-11-12-17(2)22(14-16)20-8-3-7-19(15-20)21-10-4-6-18-9-5-13-24-23(18)21/h3-15H,1-2H3. The Morgan fingerprint density at radius 2 is 1.42 bits per heavy atom. The Balaban J connectivity index is 1.90. The molecular weight excluding hydrogens is 290 g/mol. The van der Waals surface area contributed by atoms with Crippen molar-refractivity contribution >= 4 is 10.9 Å². The van der Waals surface area contributed by atoms with E-state index in [4.69, 9.17) is 0 Å². The molecule has 0 aliphatic carbocycles. The second-order valence-electron chi connectivity index (χ2n) is 6.28. The number of nitrogens with zero attached hydrogens (tertiary/aromatic N) is 1. The zero-order chi connectivity index (χ0) is 16.5. The topological polar surface area (TPSA) is 12.9 Å².